The second kappa shape index (κ2) is 6.07. The maximum Gasteiger partial charge on any atom is 0.252 e. The van der Waals surface area contributed by atoms with Gasteiger partial charge in [0.1, 0.15) is 5.82 Å². The summed E-state index contributed by atoms with van der Waals surface area (Å²) in [6.45, 7) is 0.485. The average Bonchev–Trinajstić information content (AvgIpc) is 2.70. The summed E-state index contributed by atoms with van der Waals surface area (Å²) >= 11 is 8.29. The first-order valence-corrected chi connectivity index (χ1v) is 6.77. The highest BCUT2D eigenvalue weighted by Crippen LogP contribution is 2.09. The predicted octanol–water partition coefficient (Wildman–Crippen LogP) is 1.61. The van der Waals surface area contributed by atoms with Crippen molar-refractivity contribution in [1.82, 2.24) is 25.1 Å². The summed E-state index contributed by atoms with van der Waals surface area (Å²) in [5.41, 5.74) is 0.518. The van der Waals surface area contributed by atoms with E-state index in [1.165, 1.54) is 6.20 Å². The Kier molecular flexibility index (Phi) is 4.43. The molecule has 0 aliphatic rings. The molecule has 6 nitrogen and oxygen atoms in total. The van der Waals surface area contributed by atoms with Gasteiger partial charge in [0, 0.05) is 36.9 Å². The Morgan fingerprint density at radius 1 is 1.58 bits per heavy atom. The average molecular weight is 342 g/mol. The third kappa shape index (κ3) is 3.48. The van der Waals surface area contributed by atoms with Gasteiger partial charge >= 0.3 is 0 Å². The van der Waals surface area contributed by atoms with Gasteiger partial charge in [-0.25, -0.2) is 0 Å². The highest BCUT2D eigenvalue weighted by Gasteiger charge is 2.07. The maximum absolute atomic E-state index is 11.8. The number of nitrogens with zero attached hydrogens (tertiary/aromatic N) is 3. The summed E-state index contributed by atoms with van der Waals surface area (Å²) in [5, 5.41) is 9.58. The summed E-state index contributed by atoms with van der Waals surface area (Å²) < 4.78 is 3.12. The van der Waals surface area contributed by atoms with E-state index >= 15 is 0 Å². The summed E-state index contributed by atoms with van der Waals surface area (Å²) in [6.07, 6.45) is 3.76. The van der Waals surface area contributed by atoms with Gasteiger partial charge in [0.05, 0.1) is 5.56 Å². The zero-order valence-electron chi connectivity index (χ0n) is 10.2. The van der Waals surface area contributed by atoms with E-state index in [4.69, 9.17) is 12.2 Å². The van der Waals surface area contributed by atoms with Crippen molar-refractivity contribution in [2.45, 2.75) is 6.42 Å². The molecule has 0 spiro atoms. The largest absolute Gasteiger partial charge is 0.352 e. The van der Waals surface area contributed by atoms with Crippen molar-refractivity contribution >= 4 is 34.1 Å². The van der Waals surface area contributed by atoms with Crippen LogP contribution in [-0.4, -0.2) is 32.2 Å². The van der Waals surface area contributed by atoms with Crippen LogP contribution in [0.5, 0.6) is 0 Å². The first-order valence-electron chi connectivity index (χ1n) is 5.57. The quantitative estimate of drug-likeness (QED) is 0.828. The third-order valence-corrected chi connectivity index (χ3v) is 3.37. The zero-order chi connectivity index (χ0) is 13.8. The van der Waals surface area contributed by atoms with Crippen LogP contribution in [0.25, 0.3) is 0 Å². The van der Waals surface area contributed by atoms with E-state index in [2.05, 4.69) is 36.4 Å². The lowest BCUT2D eigenvalue weighted by Gasteiger charge is -2.05. The Balaban J connectivity index is 1.91. The SMILES string of the molecule is Cn1c(CCNC(=O)c2cncc(Br)c2)n[nH]c1=S. The molecule has 2 rings (SSSR count). The fourth-order valence-electron chi connectivity index (χ4n) is 1.53. The number of hydrogen-bond donors (Lipinski definition) is 2. The molecule has 0 bridgehead atoms. The number of carbonyl (C=O) groups is 1. The molecule has 1 amide bonds. The molecule has 2 aromatic heterocycles. The Labute approximate surface area is 123 Å². The number of carbonyl (C=O) groups excluding carboxylic acids is 1. The first kappa shape index (κ1) is 13.9. The van der Waals surface area contributed by atoms with Crippen molar-refractivity contribution in [2.75, 3.05) is 6.54 Å². The van der Waals surface area contributed by atoms with E-state index < -0.39 is 0 Å². The molecule has 2 N–H and O–H groups in total. The molecule has 0 radical (unpaired) electrons. The third-order valence-electron chi connectivity index (χ3n) is 2.57. The first-order chi connectivity index (χ1) is 9.08. The van der Waals surface area contributed by atoms with Crippen LogP contribution >= 0.6 is 28.1 Å². The second-order valence-corrected chi connectivity index (χ2v) is 5.20. The van der Waals surface area contributed by atoms with Crippen LogP contribution in [0.4, 0.5) is 0 Å². The molecule has 8 heteroatoms. The lowest BCUT2D eigenvalue weighted by molar-refractivity contribution is 0.0953. The molecule has 0 aliphatic heterocycles. The fraction of sp³-hybridized carbons (Fsp3) is 0.273. The minimum atomic E-state index is -0.161. The van der Waals surface area contributed by atoms with Gasteiger partial charge in [0.15, 0.2) is 4.77 Å². The monoisotopic (exact) mass is 341 g/mol. The van der Waals surface area contributed by atoms with Crippen LogP contribution in [0.3, 0.4) is 0 Å². The van der Waals surface area contributed by atoms with Crippen LogP contribution in [0.15, 0.2) is 22.9 Å². The van der Waals surface area contributed by atoms with Crippen molar-refractivity contribution in [1.29, 1.82) is 0 Å². The number of halogens is 1. The molecule has 2 heterocycles. The molecule has 100 valence electrons. The van der Waals surface area contributed by atoms with Crippen molar-refractivity contribution < 1.29 is 4.79 Å². The van der Waals surface area contributed by atoms with Crippen LogP contribution in [0.2, 0.25) is 0 Å². The Hall–Kier alpha value is -1.54. The number of amides is 1. The highest BCUT2D eigenvalue weighted by atomic mass is 79.9. The number of aromatic nitrogens is 4. The molecule has 0 fully saturated rings. The summed E-state index contributed by atoms with van der Waals surface area (Å²) in [4.78, 5) is 15.8. The summed E-state index contributed by atoms with van der Waals surface area (Å²) in [5.74, 6) is 0.642. The van der Waals surface area contributed by atoms with E-state index in [9.17, 15) is 4.79 Å². The predicted molar refractivity (Wildman–Crippen MR) is 76.4 cm³/mol. The van der Waals surface area contributed by atoms with Gasteiger partial charge in [-0.15, -0.1) is 0 Å². The van der Waals surface area contributed by atoms with Crippen molar-refractivity contribution in [2.24, 2.45) is 7.05 Å². The number of aromatic amines is 1. The zero-order valence-corrected chi connectivity index (χ0v) is 12.6. The minimum Gasteiger partial charge on any atom is -0.352 e. The minimum absolute atomic E-state index is 0.161. The van der Waals surface area contributed by atoms with Crippen LogP contribution < -0.4 is 5.32 Å². The van der Waals surface area contributed by atoms with Gasteiger partial charge in [-0.1, -0.05) is 0 Å². The lowest BCUT2D eigenvalue weighted by Crippen LogP contribution is -2.26. The molecule has 2 aromatic rings. The molecule has 0 aromatic carbocycles. The van der Waals surface area contributed by atoms with Gasteiger partial charge < -0.3 is 9.88 Å². The molecule has 0 unspecified atom stereocenters. The van der Waals surface area contributed by atoms with Crippen molar-refractivity contribution in [3.05, 3.63) is 39.1 Å². The van der Waals surface area contributed by atoms with Gasteiger partial charge in [-0.3, -0.25) is 14.9 Å². The Morgan fingerprint density at radius 3 is 3.00 bits per heavy atom. The van der Waals surface area contributed by atoms with Crippen LogP contribution in [0.1, 0.15) is 16.2 Å². The van der Waals surface area contributed by atoms with Crippen molar-refractivity contribution in [3.63, 3.8) is 0 Å². The lowest BCUT2D eigenvalue weighted by atomic mass is 10.2. The summed E-state index contributed by atoms with van der Waals surface area (Å²) in [6, 6.07) is 1.72. The Bertz CT molecular complexity index is 651. The highest BCUT2D eigenvalue weighted by molar-refractivity contribution is 9.10. The van der Waals surface area contributed by atoms with E-state index in [1.54, 1.807) is 16.8 Å². The maximum atomic E-state index is 11.8. The molecule has 0 aliphatic carbocycles. The number of nitrogens with one attached hydrogen (secondary N) is 2. The van der Waals surface area contributed by atoms with Gasteiger partial charge in [-0.05, 0) is 34.2 Å². The molecular formula is C11H12BrN5OS. The van der Waals surface area contributed by atoms with E-state index in [0.717, 1.165) is 10.3 Å². The van der Waals surface area contributed by atoms with Crippen molar-refractivity contribution in [3.8, 4) is 0 Å². The smallest absolute Gasteiger partial charge is 0.252 e. The number of H-pyrrole nitrogens is 1. The standard InChI is InChI=1S/C11H12BrN5OS/c1-17-9(15-16-11(17)19)2-3-14-10(18)7-4-8(12)6-13-5-7/h4-6H,2-3H2,1H3,(H,14,18)(H,16,19). The molecule has 19 heavy (non-hydrogen) atoms. The summed E-state index contributed by atoms with van der Waals surface area (Å²) in [7, 11) is 1.83. The fourth-order valence-corrected chi connectivity index (χ4v) is 2.04. The molecular weight excluding hydrogens is 330 g/mol. The van der Waals surface area contributed by atoms with Gasteiger partial charge in [0.25, 0.3) is 5.91 Å². The Morgan fingerprint density at radius 2 is 2.37 bits per heavy atom. The van der Waals surface area contributed by atoms with E-state index in [0.29, 0.717) is 23.3 Å². The van der Waals surface area contributed by atoms with Crippen LogP contribution in [0, 0.1) is 4.77 Å². The molecule has 0 atom stereocenters. The van der Waals surface area contributed by atoms with E-state index in [-0.39, 0.29) is 5.91 Å². The molecule has 0 saturated carbocycles. The topological polar surface area (TPSA) is 75.6 Å². The number of hydrogen-bond acceptors (Lipinski definition) is 4. The van der Waals surface area contributed by atoms with Gasteiger partial charge in [-0.2, -0.15) is 5.10 Å². The second-order valence-electron chi connectivity index (χ2n) is 3.90. The number of pyridine rings is 1. The normalized spacial score (nSPS) is 10.4. The number of rotatable bonds is 4. The molecule has 0 saturated heterocycles. The van der Waals surface area contributed by atoms with Gasteiger partial charge in [0.2, 0.25) is 0 Å². The van der Waals surface area contributed by atoms with Crippen LogP contribution in [-0.2, 0) is 13.5 Å². The van der Waals surface area contributed by atoms with E-state index in [1.807, 2.05) is 7.05 Å².